The minimum Gasteiger partial charge on any atom is -0.508 e. The normalized spacial score (nSPS) is 17.6. The Kier molecular flexibility index (Phi) is 5.53. The zero-order valence-electron chi connectivity index (χ0n) is 19.0. The number of carbonyl (C=O) groups is 2. The van der Waals surface area contributed by atoms with Crippen molar-refractivity contribution in [3.8, 4) is 5.75 Å². The van der Waals surface area contributed by atoms with Gasteiger partial charge in [-0.2, -0.15) is 0 Å². The van der Waals surface area contributed by atoms with Crippen LogP contribution >= 0.6 is 0 Å². The molecule has 0 saturated carbocycles. The lowest BCUT2D eigenvalue weighted by molar-refractivity contribution is -0.153. The van der Waals surface area contributed by atoms with Crippen molar-refractivity contribution >= 4 is 28.9 Å². The van der Waals surface area contributed by atoms with Gasteiger partial charge in [-0.3, -0.25) is 14.5 Å². The van der Waals surface area contributed by atoms with Crippen molar-refractivity contribution in [2.24, 2.45) is 5.92 Å². The molecule has 1 aliphatic heterocycles. The molecule has 7 heteroatoms. The Balaban J connectivity index is 1.73. The van der Waals surface area contributed by atoms with Gasteiger partial charge in [0.1, 0.15) is 5.75 Å². The summed E-state index contributed by atoms with van der Waals surface area (Å²) >= 11 is 0. The van der Waals surface area contributed by atoms with Crippen molar-refractivity contribution in [3.05, 3.63) is 89.5 Å². The van der Waals surface area contributed by atoms with E-state index in [-0.39, 0.29) is 24.8 Å². The zero-order chi connectivity index (χ0) is 23.8. The number of esters is 1. The number of para-hydroxylation sites is 2. The summed E-state index contributed by atoms with van der Waals surface area (Å²) < 4.78 is 7.32. The Labute approximate surface area is 197 Å². The molecule has 4 aromatic rings. The van der Waals surface area contributed by atoms with Crippen LogP contribution in [-0.2, 0) is 20.9 Å². The minimum atomic E-state index is -1.10. The van der Waals surface area contributed by atoms with Crippen LogP contribution in [0.2, 0.25) is 0 Å². The molecule has 2 atom stereocenters. The van der Waals surface area contributed by atoms with Gasteiger partial charge >= 0.3 is 5.97 Å². The van der Waals surface area contributed by atoms with E-state index in [9.17, 15) is 14.7 Å². The second-order valence-corrected chi connectivity index (χ2v) is 8.45. The largest absolute Gasteiger partial charge is 0.508 e. The van der Waals surface area contributed by atoms with E-state index >= 15 is 0 Å². The first-order valence-corrected chi connectivity index (χ1v) is 11.3. The van der Waals surface area contributed by atoms with Gasteiger partial charge in [-0.25, -0.2) is 4.98 Å². The number of fused-ring (bicyclic) bond motifs is 3. The maximum Gasteiger partial charge on any atom is 0.321 e. The monoisotopic (exact) mass is 455 g/mol. The van der Waals surface area contributed by atoms with Crippen LogP contribution in [0.5, 0.6) is 5.75 Å². The number of aromatic hydroxyl groups is 1. The number of carbonyl (C=O) groups excluding carboxylic acids is 2. The van der Waals surface area contributed by atoms with Crippen molar-refractivity contribution < 1.29 is 19.4 Å². The number of phenols is 1. The fourth-order valence-corrected chi connectivity index (χ4v) is 4.55. The molecule has 0 radical (unpaired) electrons. The third-order valence-electron chi connectivity index (χ3n) is 6.18. The van der Waals surface area contributed by atoms with E-state index in [1.54, 1.807) is 36.1 Å². The van der Waals surface area contributed by atoms with Gasteiger partial charge in [0.25, 0.3) is 0 Å². The first kappa shape index (κ1) is 21.7. The van der Waals surface area contributed by atoms with Gasteiger partial charge in [0.05, 0.1) is 30.2 Å². The molecule has 1 aliphatic rings. The number of aryl methyl sites for hydroxylation is 1. The molecule has 0 spiro atoms. The van der Waals surface area contributed by atoms with Crippen molar-refractivity contribution in [2.45, 2.75) is 26.4 Å². The molecular weight excluding hydrogens is 430 g/mol. The predicted octanol–water partition coefficient (Wildman–Crippen LogP) is 4.37. The summed E-state index contributed by atoms with van der Waals surface area (Å²) in [7, 11) is 0. The molecular formula is C27H25N3O4. The summed E-state index contributed by atoms with van der Waals surface area (Å²) in [6.45, 7) is 4.18. The highest BCUT2D eigenvalue weighted by molar-refractivity contribution is 6.08. The third kappa shape index (κ3) is 3.69. The molecule has 0 aliphatic carbocycles. The molecule has 0 unspecified atom stereocenters. The van der Waals surface area contributed by atoms with Crippen LogP contribution in [0.15, 0.2) is 72.8 Å². The zero-order valence-corrected chi connectivity index (χ0v) is 19.0. The first-order valence-electron chi connectivity index (χ1n) is 11.3. The van der Waals surface area contributed by atoms with E-state index in [0.717, 1.165) is 22.2 Å². The molecule has 1 aromatic heterocycles. The molecule has 0 fully saturated rings. The van der Waals surface area contributed by atoms with Crippen LogP contribution in [0, 0.1) is 12.8 Å². The summed E-state index contributed by atoms with van der Waals surface area (Å²) in [4.78, 5) is 33.5. The second-order valence-electron chi connectivity index (χ2n) is 8.45. The standard InChI is InChI=1S/C27H25N3O4/c1-3-34-26(33)23-24(19-12-14-20(31)15-13-19)30-22-7-5-4-6-21(22)28-27(30)29(25(23)32)16-18-10-8-17(2)9-11-18/h4-15,23-24,31H,3,16H2,1-2H3/t23-,24-/m1/s1. The predicted molar refractivity (Wildman–Crippen MR) is 128 cm³/mol. The summed E-state index contributed by atoms with van der Waals surface area (Å²) in [5.74, 6) is -1.46. The average Bonchev–Trinajstić information content (AvgIpc) is 3.22. The van der Waals surface area contributed by atoms with Crippen LogP contribution in [0.1, 0.15) is 29.7 Å². The van der Waals surface area contributed by atoms with E-state index in [2.05, 4.69) is 0 Å². The molecule has 5 rings (SSSR count). The number of hydrogen-bond acceptors (Lipinski definition) is 5. The fourth-order valence-electron chi connectivity index (χ4n) is 4.55. The van der Waals surface area contributed by atoms with Crippen LogP contribution in [-0.4, -0.2) is 33.1 Å². The number of anilines is 1. The lowest BCUT2D eigenvalue weighted by atomic mass is 9.89. The quantitative estimate of drug-likeness (QED) is 0.357. The summed E-state index contributed by atoms with van der Waals surface area (Å²) in [6.07, 6.45) is 0. The molecule has 0 bridgehead atoms. The number of rotatable bonds is 5. The Hall–Kier alpha value is -4.13. The molecule has 172 valence electrons. The van der Waals surface area contributed by atoms with Gasteiger partial charge in [-0.15, -0.1) is 0 Å². The van der Waals surface area contributed by atoms with Gasteiger partial charge in [0.2, 0.25) is 11.9 Å². The number of hydrogen-bond donors (Lipinski definition) is 1. The summed E-state index contributed by atoms with van der Waals surface area (Å²) in [5.41, 5.74) is 4.31. The van der Waals surface area contributed by atoms with E-state index in [1.807, 2.05) is 60.0 Å². The number of aromatic nitrogens is 2. The number of imidazole rings is 1. The van der Waals surface area contributed by atoms with E-state index in [4.69, 9.17) is 9.72 Å². The smallest absolute Gasteiger partial charge is 0.321 e. The highest BCUT2D eigenvalue weighted by atomic mass is 16.5. The van der Waals surface area contributed by atoms with Crippen molar-refractivity contribution in [3.63, 3.8) is 0 Å². The van der Waals surface area contributed by atoms with Crippen LogP contribution in [0.3, 0.4) is 0 Å². The minimum absolute atomic E-state index is 0.107. The highest BCUT2D eigenvalue weighted by Gasteiger charge is 2.47. The van der Waals surface area contributed by atoms with Crippen molar-refractivity contribution in [1.29, 1.82) is 0 Å². The summed E-state index contributed by atoms with van der Waals surface area (Å²) in [5, 5.41) is 9.83. The molecule has 34 heavy (non-hydrogen) atoms. The number of nitrogens with zero attached hydrogens (tertiary/aromatic N) is 3. The van der Waals surface area contributed by atoms with Gasteiger partial charge in [0.15, 0.2) is 5.92 Å². The van der Waals surface area contributed by atoms with Gasteiger partial charge in [-0.05, 0) is 49.2 Å². The molecule has 0 saturated heterocycles. The highest BCUT2D eigenvalue weighted by Crippen LogP contribution is 2.42. The second kappa shape index (κ2) is 8.67. The molecule has 1 N–H and O–H groups in total. The van der Waals surface area contributed by atoms with E-state index in [1.165, 1.54) is 0 Å². The Morgan fingerprint density at radius 2 is 1.74 bits per heavy atom. The Morgan fingerprint density at radius 3 is 2.44 bits per heavy atom. The first-order chi connectivity index (χ1) is 16.5. The lowest BCUT2D eigenvalue weighted by Crippen LogP contribution is -2.49. The van der Waals surface area contributed by atoms with Gasteiger partial charge in [-0.1, -0.05) is 54.1 Å². The molecule has 3 aromatic carbocycles. The Bertz CT molecular complexity index is 1360. The molecule has 2 heterocycles. The number of ether oxygens (including phenoxy) is 1. The van der Waals surface area contributed by atoms with E-state index < -0.39 is 17.9 Å². The maximum absolute atomic E-state index is 13.9. The maximum atomic E-state index is 13.9. The van der Waals surface area contributed by atoms with Crippen LogP contribution in [0.25, 0.3) is 11.0 Å². The molecule has 7 nitrogen and oxygen atoms in total. The van der Waals surface area contributed by atoms with Crippen molar-refractivity contribution in [1.82, 2.24) is 9.55 Å². The fraction of sp³-hybridized carbons (Fsp3) is 0.222. The number of amides is 1. The number of benzene rings is 3. The Morgan fingerprint density at radius 1 is 1.03 bits per heavy atom. The van der Waals surface area contributed by atoms with E-state index in [0.29, 0.717) is 11.5 Å². The van der Waals surface area contributed by atoms with Gasteiger partial charge < -0.3 is 14.4 Å². The van der Waals surface area contributed by atoms with Crippen LogP contribution < -0.4 is 4.90 Å². The lowest BCUT2D eigenvalue weighted by Gasteiger charge is -2.38. The SMILES string of the molecule is CCOC(=O)[C@H]1C(=O)N(Cc2ccc(C)cc2)c2nc3ccccc3n2[C@@H]1c1ccc(O)cc1. The average molecular weight is 456 g/mol. The number of phenolic OH excluding ortho intramolecular Hbond substituents is 1. The van der Waals surface area contributed by atoms with Gasteiger partial charge in [0, 0.05) is 0 Å². The summed E-state index contributed by atoms with van der Waals surface area (Å²) in [6, 6.07) is 21.5. The molecule has 1 amide bonds. The van der Waals surface area contributed by atoms with Crippen LogP contribution in [0.4, 0.5) is 5.95 Å². The topological polar surface area (TPSA) is 84.7 Å². The third-order valence-corrected chi connectivity index (χ3v) is 6.18. The van der Waals surface area contributed by atoms with Crippen molar-refractivity contribution in [2.75, 3.05) is 11.5 Å².